The predicted octanol–water partition coefficient (Wildman–Crippen LogP) is 5.10. The number of fused-ring (bicyclic) bond motifs is 1. The Morgan fingerprint density at radius 2 is 1.74 bits per heavy atom. The Kier molecular flexibility index (Phi) is 4.07. The lowest BCUT2D eigenvalue weighted by molar-refractivity contribution is 0.590. The lowest BCUT2D eigenvalue weighted by Gasteiger charge is -2.20. The van der Waals surface area contributed by atoms with E-state index in [1.807, 2.05) is 36.4 Å². The Morgan fingerprint density at radius 3 is 2.35 bits per heavy atom. The summed E-state index contributed by atoms with van der Waals surface area (Å²) in [5.41, 5.74) is 1.49. The van der Waals surface area contributed by atoms with Crippen molar-refractivity contribution in [1.82, 2.24) is 9.78 Å². The number of hydrogen-bond acceptors (Lipinski definition) is 2. The van der Waals surface area contributed by atoms with Gasteiger partial charge in [-0.2, -0.15) is 9.78 Å². The molecule has 0 aliphatic carbocycles. The van der Waals surface area contributed by atoms with Crippen molar-refractivity contribution in [2.24, 2.45) is 0 Å². The van der Waals surface area contributed by atoms with Crippen LogP contribution in [0, 0.1) is 0 Å². The third-order valence-corrected chi connectivity index (χ3v) is 4.69. The van der Waals surface area contributed by atoms with Gasteiger partial charge in [-0.1, -0.05) is 56.6 Å². The van der Waals surface area contributed by atoms with Gasteiger partial charge in [-0.15, -0.1) is 0 Å². The van der Waals surface area contributed by atoms with Crippen molar-refractivity contribution in [3.05, 3.63) is 68.0 Å². The molecule has 0 atom stereocenters. The van der Waals surface area contributed by atoms with E-state index in [9.17, 15) is 4.79 Å². The van der Waals surface area contributed by atoms with E-state index in [0.29, 0.717) is 20.7 Å². The highest BCUT2D eigenvalue weighted by atomic mass is 79.9. The van der Waals surface area contributed by atoms with E-state index in [1.54, 1.807) is 6.07 Å². The molecule has 3 aromatic rings. The summed E-state index contributed by atoms with van der Waals surface area (Å²) < 4.78 is 1.96. The minimum atomic E-state index is -0.186. The average Bonchev–Trinajstić information content (AvgIpc) is 2.50. The molecule has 3 rings (SSSR count). The van der Waals surface area contributed by atoms with Gasteiger partial charge in [-0.05, 0) is 45.1 Å². The van der Waals surface area contributed by atoms with Crippen molar-refractivity contribution in [2.45, 2.75) is 26.2 Å². The van der Waals surface area contributed by atoms with E-state index in [2.05, 4.69) is 41.8 Å². The van der Waals surface area contributed by atoms with Crippen molar-refractivity contribution in [3.63, 3.8) is 0 Å². The molecule has 0 aliphatic heterocycles. The second kappa shape index (κ2) is 5.77. The quantitative estimate of drug-likeness (QED) is 0.578. The van der Waals surface area contributed by atoms with Gasteiger partial charge in [0.1, 0.15) is 4.60 Å². The first-order valence-corrected chi connectivity index (χ1v) is 8.44. The predicted molar refractivity (Wildman–Crippen MR) is 98.8 cm³/mol. The highest BCUT2D eigenvalue weighted by Crippen LogP contribution is 2.29. The van der Waals surface area contributed by atoms with Crippen LogP contribution < -0.4 is 5.56 Å². The Hall–Kier alpha value is -1.65. The normalized spacial score (nSPS) is 11.9. The molecule has 2 aromatic carbocycles. The van der Waals surface area contributed by atoms with Crippen LogP contribution in [0.4, 0.5) is 0 Å². The summed E-state index contributed by atoms with van der Waals surface area (Å²) in [6.45, 7) is 6.36. The number of aromatic nitrogens is 2. The van der Waals surface area contributed by atoms with Crippen molar-refractivity contribution < 1.29 is 0 Å². The summed E-state index contributed by atoms with van der Waals surface area (Å²) in [6.07, 6.45) is 0. The van der Waals surface area contributed by atoms with E-state index in [-0.39, 0.29) is 11.0 Å². The summed E-state index contributed by atoms with van der Waals surface area (Å²) in [5.74, 6) is 0. The molecule has 0 aliphatic rings. The zero-order valence-electron chi connectivity index (χ0n) is 13.1. The van der Waals surface area contributed by atoms with E-state index in [1.165, 1.54) is 4.68 Å². The van der Waals surface area contributed by atoms with Crippen molar-refractivity contribution in [3.8, 4) is 5.69 Å². The maximum Gasteiger partial charge on any atom is 0.279 e. The molecule has 0 spiro atoms. The second-order valence-electron chi connectivity index (χ2n) is 6.47. The van der Waals surface area contributed by atoms with E-state index >= 15 is 0 Å². The molecule has 0 saturated carbocycles. The summed E-state index contributed by atoms with van der Waals surface area (Å²) in [6, 6.07) is 13.1. The molecular weight excluding hydrogens is 376 g/mol. The minimum absolute atomic E-state index is 0.00940. The van der Waals surface area contributed by atoms with Crippen LogP contribution in [0.3, 0.4) is 0 Å². The molecule has 0 bridgehead atoms. The summed E-state index contributed by atoms with van der Waals surface area (Å²) in [5, 5.41) is 6.26. The third kappa shape index (κ3) is 2.93. The van der Waals surface area contributed by atoms with Crippen LogP contribution in [0.25, 0.3) is 16.5 Å². The molecule has 0 N–H and O–H groups in total. The molecule has 0 amide bonds. The maximum absolute atomic E-state index is 12.7. The molecule has 0 fully saturated rings. The topological polar surface area (TPSA) is 34.9 Å². The fourth-order valence-corrected chi connectivity index (χ4v) is 3.22. The maximum atomic E-state index is 12.7. The van der Waals surface area contributed by atoms with Crippen LogP contribution in [0.5, 0.6) is 0 Å². The van der Waals surface area contributed by atoms with Gasteiger partial charge < -0.3 is 0 Å². The van der Waals surface area contributed by atoms with Gasteiger partial charge in [-0.25, -0.2) is 0 Å². The molecule has 5 heteroatoms. The minimum Gasteiger partial charge on any atom is -0.267 e. The highest BCUT2D eigenvalue weighted by molar-refractivity contribution is 9.10. The van der Waals surface area contributed by atoms with Crippen LogP contribution in [0.1, 0.15) is 26.3 Å². The molecule has 3 nitrogen and oxygen atoms in total. The number of nitrogens with zero attached hydrogens (tertiary/aromatic N) is 2. The number of halogens is 2. The smallest absolute Gasteiger partial charge is 0.267 e. The summed E-state index contributed by atoms with van der Waals surface area (Å²) in [7, 11) is 0. The lowest BCUT2D eigenvalue weighted by atomic mass is 9.87. The van der Waals surface area contributed by atoms with Crippen molar-refractivity contribution in [2.75, 3.05) is 0 Å². The second-order valence-corrected chi connectivity index (χ2v) is 7.63. The summed E-state index contributed by atoms with van der Waals surface area (Å²) >= 11 is 9.87. The largest absolute Gasteiger partial charge is 0.279 e. The standard InChI is InChI=1S/C18H16BrClN2O/c1-18(2,3)11-8-9-15(14(20)10-11)22-17(23)13-7-5-4-6-12(13)16(19)21-22/h4-10H,1-3H3. The van der Waals surface area contributed by atoms with Gasteiger partial charge in [0.05, 0.1) is 16.1 Å². The average molecular weight is 392 g/mol. The first-order valence-electron chi connectivity index (χ1n) is 7.27. The molecule has 0 unspecified atom stereocenters. The Balaban J connectivity index is 2.26. The SMILES string of the molecule is CC(C)(C)c1ccc(-n2nc(Br)c3ccccc3c2=O)c(Cl)c1. The van der Waals surface area contributed by atoms with Crippen LogP contribution >= 0.6 is 27.5 Å². The van der Waals surface area contributed by atoms with Crippen LogP contribution in [0.15, 0.2) is 51.9 Å². The van der Waals surface area contributed by atoms with E-state index in [0.717, 1.165) is 10.9 Å². The molecule has 1 aromatic heterocycles. The molecule has 118 valence electrons. The number of benzene rings is 2. The van der Waals surface area contributed by atoms with Crippen LogP contribution in [-0.4, -0.2) is 9.78 Å². The first-order chi connectivity index (χ1) is 10.8. The van der Waals surface area contributed by atoms with Crippen LogP contribution in [0.2, 0.25) is 5.02 Å². The lowest BCUT2D eigenvalue weighted by Crippen LogP contribution is -2.22. The highest BCUT2D eigenvalue weighted by Gasteiger charge is 2.17. The fraction of sp³-hybridized carbons (Fsp3) is 0.222. The Bertz CT molecular complexity index is 957. The van der Waals surface area contributed by atoms with Gasteiger partial charge in [0, 0.05) is 5.39 Å². The van der Waals surface area contributed by atoms with Gasteiger partial charge in [0.2, 0.25) is 0 Å². The van der Waals surface area contributed by atoms with E-state index < -0.39 is 0 Å². The molecule has 0 radical (unpaired) electrons. The van der Waals surface area contributed by atoms with Gasteiger partial charge in [0.25, 0.3) is 5.56 Å². The molecule has 0 saturated heterocycles. The number of hydrogen-bond donors (Lipinski definition) is 0. The molecular formula is C18H16BrClN2O. The summed E-state index contributed by atoms with van der Waals surface area (Å²) in [4.78, 5) is 12.7. The van der Waals surface area contributed by atoms with Crippen molar-refractivity contribution >= 4 is 38.3 Å². The molecule has 23 heavy (non-hydrogen) atoms. The fourth-order valence-electron chi connectivity index (χ4n) is 2.46. The van der Waals surface area contributed by atoms with Crippen molar-refractivity contribution in [1.29, 1.82) is 0 Å². The Morgan fingerprint density at radius 1 is 1.09 bits per heavy atom. The van der Waals surface area contributed by atoms with Gasteiger partial charge in [0.15, 0.2) is 0 Å². The first kappa shape index (κ1) is 16.2. The molecule has 1 heterocycles. The monoisotopic (exact) mass is 390 g/mol. The third-order valence-electron chi connectivity index (χ3n) is 3.80. The van der Waals surface area contributed by atoms with E-state index in [4.69, 9.17) is 11.6 Å². The Labute approximate surface area is 148 Å². The number of rotatable bonds is 1. The zero-order chi connectivity index (χ0) is 16.8. The van der Waals surface area contributed by atoms with Gasteiger partial charge >= 0.3 is 0 Å². The van der Waals surface area contributed by atoms with Gasteiger partial charge in [-0.3, -0.25) is 4.79 Å². The van der Waals surface area contributed by atoms with Crippen LogP contribution in [-0.2, 0) is 5.41 Å². The zero-order valence-corrected chi connectivity index (χ0v) is 15.4.